The maximum Gasteiger partial charge on any atom is 0.261 e. The molecule has 0 aliphatic carbocycles. The molecule has 2 aromatic carbocycles. The van der Waals surface area contributed by atoms with Gasteiger partial charge in [-0.2, -0.15) is 4.31 Å². The third kappa shape index (κ3) is 7.43. The molecule has 2 amide bonds. The highest BCUT2D eigenvalue weighted by Gasteiger charge is 2.28. The molecule has 0 bridgehead atoms. The average molecular weight is 560 g/mol. The highest BCUT2D eigenvalue weighted by Crippen LogP contribution is 2.21. The number of benzene rings is 2. The Morgan fingerprint density at radius 1 is 1.08 bits per heavy atom. The molecule has 1 N–H and O–H groups in total. The molecule has 0 radical (unpaired) electrons. The van der Waals surface area contributed by atoms with Crippen molar-refractivity contribution in [3.8, 4) is 5.75 Å². The Balaban J connectivity index is 1.41. The molecule has 1 aromatic heterocycles. The van der Waals surface area contributed by atoms with Gasteiger partial charge in [-0.15, -0.1) is 0 Å². The number of carbonyl (C=O) groups is 2. The van der Waals surface area contributed by atoms with E-state index >= 15 is 0 Å². The molecule has 0 saturated carbocycles. The van der Waals surface area contributed by atoms with E-state index in [1.54, 1.807) is 19.1 Å². The topological polar surface area (TPSA) is 118 Å². The van der Waals surface area contributed by atoms with Crippen LogP contribution >= 0.6 is 0 Å². The zero-order valence-corrected chi connectivity index (χ0v) is 22.2. The van der Waals surface area contributed by atoms with Gasteiger partial charge in [-0.3, -0.25) is 9.59 Å². The van der Waals surface area contributed by atoms with Crippen LogP contribution in [0.2, 0.25) is 0 Å². The normalized spacial score (nSPS) is 14.9. The van der Waals surface area contributed by atoms with Gasteiger partial charge in [-0.25, -0.2) is 12.8 Å². The lowest BCUT2D eigenvalue weighted by molar-refractivity contribution is -0.142. The van der Waals surface area contributed by atoms with Crippen LogP contribution in [-0.4, -0.2) is 68.4 Å². The Kier molecular flexibility index (Phi) is 9.33. The molecule has 12 heteroatoms. The first-order valence-electron chi connectivity index (χ1n) is 12.4. The fourth-order valence-corrected chi connectivity index (χ4v) is 5.38. The lowest BCUT2D eigenvalue weighted by Gasteiger charge is -2.28. The molecule has 0 spiro atoms. The summed E-state index contributed by atoms with van der Waals surface area (Å²) < 4.78 is 56.5. The summed E-state index contributed by atoms with van der Waals surface area (Å²) in [6.07, 6.45) is 1.50. The van der Waals surface area contributed by atoms with Crippen molar-refractivity contribution < 1.29 is 36.3 Å². The van der Waals surface area contributed by atoms with Crippen molar-refractivity contribution in [2.75, 3.05) is 32.9 Å². The number of amides is 2. The summed E-state index contributed by atoms with van der Waals surface area (Å²) in [6.45, 7) is 2.65. The zero-order chi connectivity index (χ0) is 27.8. The zero-order valence-electron chi connectivity index (χ0n) is 21.4. The van der Waals surface area contributed by atoms with Crippen LogP contribution in [0.4, 0.5) is 4.39 Å². The van der Waals surface area contributed by atoms with Gasteiger partial charge in [-0.05, 0) is 61.0 Å². The maximum atomic E-state index is 13.4. The second-order valence-electron chi connectivity index (χ2n) is 8.90. The monoisotopic (exact) mass is 559 g/mol. The molecular formula is C27H30FN3O7S. The van der Waals surface area contributed by atoms with Crippen LogP contribution in [0.3, 0.4) is 0 Å². The van der Waals surface area contributed by atoms with Crippen LogP contribution in [0.1, 0.15) is 18.2 Å². The van der Waals surface area contributed by atoms with Crippen molar-refractivity contribution >= 4 is 21.8 Å². The fourth-order valence-electron chi connectivity index (χ4n) is 3.98. The first-order chi connectivity index (χ1) is 18.7. The smallest absolute Gasteiger partial charge is 0.261 e. The van der Waals surface area contributed by atoms with E-state index in [1.807, 2.05) is 0 Å². The summed E-state index contributed by atoms with van der Waals surface area (Å²) in [5, 5.41) is 2.74. The largest absolute Gasteiger partial charge is 0.484 e. The molecule has 10 nitrogen and oxygen atoms in total. The second kappa shape index (κ2) is 12.9. The van der Waals surface area contributed by atoms with E-state index in [1.165, 1.54) is 64.0 Å². The van der Waals surface area contributed by atoms with E-state index in [9.17, 15) is 22.4 Å². The SMILES string of the molecule is C[C@@H](C(=O)NCc1ccco1)N(Cc1ccc(F)cc1)C(=O)COc1ccc(S(=O)(=O)N2CCOCC2)cc1. The molecular weight excluding hydrogens is 529 g/mol. The van der Waals surface area contributed by atoms with Crippen LogP contribution in [0.5, 0.6) is 5.75 Å². The van der Waals surface area contributed by atoms with Gasteiger partial charge in [0.15, 0.2) is 6.61 Å². The highest BCUT2D eigenvalue weighted by atomic mass is 32.2. The van der Waals surface area contributed by atoms with Crippen molar-refractivity contribution in [1.82, 2.24) is 14.5 Å². The third-order valence-corrected chi connectivity index (χ3v) is 8.16. The number of rotatable bonds is 11. The Bertz CT molecular complexity index is 1340. The lowest BCUT2D eigenvalue weighted by atomic mass is 10.1. The minimum absolute atomic E-state index is 0.0501. The average Bonchev–Trinajstić information content (AvgIpc) is 3.48. The van der Waals surface area contributed by atoms with Gasteiger partial charge in [0.1, 0.15) is 23.4 Å². The van der Waals surface area contributed by atoms with Crippen molar-refractivity contribution in [3.05, 3.63) is 84.1 Å². The number of hydrogen-bond donors (Lipinski definition) is 1. The van der Waals surface area contributed by atoms with Gasteiger partial charge < -0.3 is 24.1 Å². The number of nitrogens with zero attached hydrogens (tertiary/aromatic N) is 2. The maximum absolute atomic E-state index is 13.4. The molecule has 208 valence electrons. The minimum atomic E-state index is -3.66. The van der Waals surface area contributed by atoms with Crippen LogP contribution in [0.25, 0.3) is 0 Å². The van der Waals surface area contributed by atoms with Gasteiger partial charge >= 0.3 is 0 Å². The van der Waals surface area contributed by atoms with Gasteiger partial charge in [0, 0.05) is 19.6 Å². The van der Waals surface area contributed by atoms with Crippen molar-refractivity contribution in [3.63, 3.8) is 0 Å². The molecule has 3 aromatic rings. The molecule has 2 heterocycles. The summed E-state index contributed by atoms with van der Waals surface area (Å²) in [5.41, 5.74) is 0.633. The quantitative estimate of drug-likeness (QED) is 0.384. The molecule has 1 aliphatic rings. The van der Waals surface area contributed by atoms with E-state index in [-0.39, 0.29) is 31.1 Å². The van der Waals surface area contributed by atoms with Crippen molar-refractivity contribution in [2.45, 2.75) is 31.0 Å². The van der Waals surface area contributed by atoms with E-state index < -0.39 is 40.3 Å². The van der Waals surface area contributed by atoms with Gasteiger partial charge in [0.25, 0.3) is 5.91 Å². The predicted molar refractivity (Wildman–Crippen MR) is 138 cm³/mol. The predicted octanol–water partition coefficient (Wildman–Crippen LogP) is 2.55. The first kappa shape index (κ1) is 28.3. The standard InChI is InChI=1S/C27H30FN3O7S/c1-20(27(33)29-17-24-3-2-14-37-24)31(18-21-4-6-22(28)7-5-21)26(32)19-38-23-8-10-25(11-9-23)39(34,35)30-12-15-36-16-13-30/h2-11,14,20H,12-13,15-19H2,1H3,(H,29,33)/t20-/m0/s1. The number of carbonyl (C=O) groups excluding carboxylic acids is 2. The lowest BCUT2D eigenvalue weighted by Crippen LogP contribution is -2.48. The summed E-state index contributed by atoms with van der Waals surface area (Å²) in [6, 6.07) is 14.0. The number of halogens is 1. The highest BCUT2D eigenvalue weighted by molar-refractivity contribution is 7.89. The van der Waals surface area contributed by atoms with Crippen LogP contribution in [0.15, 0.2) is 76.2 Å². The molecule has 1 fully saturated rings. The molecule has 1 atom stereocenters. The number of ether oxygens (including phenoxy) is 2. The number of morpholine rings is 1. The van der Waals surface area contributed by atoms with Gasteiger partial charge in [-0.1, -0.05) is 12.1 Å². The molecule has 1 saturated heterocycles. The van der Waals surface area contributed by atoms with Crippen molar-refractivity contribution in [1.29, 1.82) is 0 Å². The van der Waals surface area contributed by atoms with Crippen LogP contribution in [0, 0.1) is 5.82 Å². The molecule has 0 unspecified atom stereocenters. The Labute approximate surface area is 226 Å². The first-order valence-corrected chi connectivity index (χ1v) is 13.8. The van der Waals surface area contributed by atoms with Crippen molar-refractivity contribution in [2.24, 2.45) is 0 Å². The van der Waals surface area contributed by atoms with E-state index in [2.05, 4.69) is 5.32 Å². The molecule has 4 rings (SSSR count). The Hall–Kier alpha value is -3.74. The molecule has 39 heavy (non-hydrogen) atoms. The fraction of sp³-hybridized carbons (Fsp3) is 0.333. The number of furan rings is 1. The van der Waals surface area contributed by atoms with Gasteiger partial charge in [0.2, 0.25) is 15.9 Å². The number of hydrogen-bond acceptors (Lipinski definition) is 7. The van der Waals surface area contributed by atoms with Gasteiger partial charge in [0.05, 0.1) is 30.9 Å². The second-order valence-corrected chi connectivity index (χ2v) is 10.8. The number of sulfonamides is 1. The van der Waals surface area contributed by atoms with E-state index in [4.69, 9.17) is 13.9 Å². The van der Waals surface area contributed by atoms with E-state index in [0.29, 0.717) is 30.3 Å². The Morgan fingerprint density at radius 3 is 2.41 bits per heavy atom. The van der Waals surface area contributed by atoms with Crippen LogP contribution in [-0.2, 0) is 37.4 Å². The van der Waals surface area contributed by atoms with Crippen LogP contribution < -0.4 is 10.1 Å². The number of nitrogens with one attached hydrogen (secondary N) is 1. The minimum Gasteiger partial charge on any atom is -0.484 e. The summed E-state index contributed by atoms with van der Waals surface area (Å²) in [4.78, 5) is 27.5. The third-order valence-electron chi connectivity index (χ3n) is 6.24. The Morgan fingerprint density at radius 2 is 1.77 bits per heavy atom. The summed E-state index contributed by atoms with van der Waals surface area (Å²) >= 11 is 0. The summed E-state index contributed by atoms with van der Waals surface area (Å²) in [7, 11) is -3.66. The molecule has 1 aliphatic heterocycles. The van der Waals surface area contributed by atoms with E-state index in [0.717, 1.165) is 0 Å². The summed E-state index contributed by atoms with van der Waals surface area (Å²) in [5.74, 6) is -0.442.